The van der Waals surface area contributed by atoms with Crippen molar-refractivity contribution in [2.75, 3.05) is 31.1 Å². The van der Waals surface area contributed by atoms with Crippen molar-refractivity contribution in [3.8, 4) is 0 Å². The summed E-state index contributed by atoms with van der Waals surface area (Å²) in [7, 11) is 0. The average Bonchev–Trinajstić information content (AvgIpc) is 2.81. The minimum absolute atomic E-state index is 0.376. The molecule has 3 rings (SSSR count). The summed E-state index contributed by atoms with van der Waals surface area (Å²) in [5, 5.41) is 23.5. The lowest BCUT2D eigenvalue weighted by Gasteiger charge is -2.57. The fraction of sp³-hybridized carbons (Fsp3) is 0.542. The maximum Gasteiger partial charge on any atom is 0.158 e. The predicted molar refractivity (Wildman–Crippen MR) is 124 cm³/mol. The molecule has 0 aliphatic carbocycles. The summed E-state index contributed by atoms with van der Waals surface area (Å²) in [6, 6.07) is 15.8. The summed E-state index contributed by atoms with van der Waals surface area (Å²) in [5.74, 6) is 0.669. The smallest absolute Gasteiger partial charge is 0.158 e. The van der Waals surface area contributed by atoms with E-state index < -0.39 is 18.6 Å². The molecule has 2 N–H and O–H groups in total. The maximum atomic E-state index is 11.8. The van der Waals surface area contributed by atoms with Crippen molar-refractivity contribution in [1.29, 1.82) is 0 Å². The van der Waals surface area contributed by atoms with E-state index in [2.05, 4.69) is 54.6 Å². The van der Waals surface area contributed by atoms with Gasteiger partial charge in [0.05, 0.1) is 0 Å². The summed E-state index contributed by atoms with van der Waals surface area (Å²) in [5.41, 5.74) is 1.11. The topological polar surface area (TPSA) is 66.3 Å². The summed E-state index contributed by atoms with van der Waals surface area (Å²) >= 11 is 0. The first-order valence-corrected chi connectivity index (χ1v) is 11.4. The number of hydrogen-bond acceptors (Lipinski definition) is 7. The number of benzene rings is 1. The fourth-order valence-electron chi connectivity index (χ4n) is 4.66. The molecule has 2 heterocycles. The SMILES string of the molecule is CCN(CC)C1C(O)N(c2ccccn2)C(N(CC)CC)C(O)N1Cc1ccccc1. The van der Waals surface area contributed by atoms with Gasteiger partial charge in [-0.25, -0.2) is 4.98 Å². The van der Waals surface area contributed by atoms with Gasteiger partial charge in [0.25, 0.3) is 0 Å². The van der Waals surface area contributed by atoms with Gasteiger partial charge in [-0.2, -0.15) is 0 Å². The number of rotatable bonds is 9. The highest BCUT2D eigenvalue weighted by molar-refractivity contribution is 5.42. The Kier molecular flexibility index (Phi) is 8.40. The second-order valence-electron chi connectivity index (χ2n) is 7.85. The number of aromatic nitrogens is 1. The van der Waals surface area contributed by atoms with E-state index >= 15 is 0 Å². The molecular formula is C24H37N5O2. The molecule has 7 heteroatoms. The summed E-state index contributed by atoms with van der Waals surface area (Å²) in [6.45, 7) is 11.9. The van der Waals surface area contributed by atoms with Crippen LogP contribution in [0.4, 0.5) is 5.82 Å². The van der Waals surface area contributed by atoms with Gasteiger partial charge in [-0.15, -0.1) is 0 Å². The zero-order chi connectivity index (χ0) is 22.4. The molecule has 170 valence electrons. The molecule has 0 amide bonds. The van der Waals surface area contributed by atoms with Crippen molar-refractivity contribution in [2.24, 2.45) is 0 Å². The molecule has 0 spiro atoms. The van der Waals surface area contributed by atoms with Crippen LogP contribution in [0.2, 0.25) is 0 Å². The Bertz CT molecular complexity index is 770. The molecule has 0 radical (unpaired) electrons. The number of hydrogen-bond donors (Lipinski definition) is 2. The van der Waals surface area contributed by atoms with Crippen LogP contribution in [0.15, 0.2) is 54.7 Å². The van der Waals surface area contributed by atoms with Gasteiger partial charge in [-0.1, -0.05) is 64.1 Å². The van der Waals surface area contributed by atoms with Gasteiger partial charge in [-0.05, 0) is 43.9 Å². The molecule has 0 saturated carbocycles. The highest BCUT2D eigenvalue weighted by Crippen LogP contribution is 2.33. The molecule has 1 aliphatic rings. The Morgan fingerprint density at radius 1 is 0.774 bits per heavy atom. The molecule has 4 unspecified atom stereocenters. The molecule has 31 heavy (non-hydrogen) atoms. The molecule has 2 aromatic rings. The Labute approximate surface area is 186 Å². The maximum absolute atomic E-state index is 11.8. The molecule has 1 fully saturated rings. The highest BCUT2D eigenvalue weighted by Gasteiger charge is 2.50. The highest BCUT2D eigenvalue weighted by atomic mass is 16.3. The third-order valence-corrected chi connectivity index (χ3v) is 6.28. The van der Waals surface area contributed by atoms with Gasteiger partial charge in [-0.3, -0.25) is 14.7 Å². The lowest BCUT2D eigenvalue weighted by Crippen LogP contribution is -2.75. The predicted octanol–water partition coefficient (Wildman–Crippen LogP) is 2.38. The third-order valence-electron chi connectivity index (χ3n) is 6.28. The van der Waals surface area contributed by atoms with Crippen molar-refractivity contribution in [1.82, 2.24) is 19.7 Å². The monoisotopic (exact) mass is 427 g/mol. The summed E-state index contributed by atoms with van der Waals surface area (Å²) in [6.07, 6.45) is -0.727. The number of nitrogens with zero attached hydrogens (tertiary/aromatic N) is 5. The lowest BCUT2D eigenvalue weighted by atomic mass is 10.1. The van der Waals surface area contributed by atoms with E-state index in [9.17, 15) is 10.2 Å². The van der Waals surface area contributed by atoms with Crippen molar-refractivity contribution in [3.05, 3.63) is 60.3 Å². The van der Waals surface area contributed by atoms with Gasteiger partial charge >= 0.3 is 0 Å². The molecule has 1 saturated heterocycles. The van der Waals surface area contributed by atoms with Crippen LogP contribution in [0.1, 0.15) is 33.3 Å². The van der Waals surface area contributed by atoms with Crippen molar-refractivity contribution >= 4 is 5.82 Å². The van der Waals surface area contributed by atoms with Crippen LogP contribution < -0.4 is 4.90 Å². The standard InChI is InChI=1S/C24H37N5O2/c1-5-26(6-2)21-24(31)29(20-16-12-13-17-25-20)22(27(7-3)8-4)23(30)28(21)18-19-14-10-9-11-15-19/h9-17,21-24,30-31H,5-8,18H2,1-4H3. The van der Waals surface area contributed by atoms with Crippen molar-refractivity contribution in [3.63, 3.8) is 0 Å². The van der Waals surface area contributed by atoms with Crippen molar-refractivity contribution < 1.29 is 10.2 Å². The van der Waals surface area contributed by atoms with Gasteiger partial charge < -0.3 is 15.1 Å². The number of pyridine rings is 1. The summed E-state index contributed by atoms with van der Waals surface area (Å²) in [4.78, 5) is 12.8. The Balaban J connectivity index is 2.09. The normalized spacial score (nSPS) is 24.8. The van der Waals surface area contributed by atoms with E-state index in [0.717, 1.165) is 31.7 Å². The van der Waals surface area contributed by atoms with Crippen LogP contribution in [-0.4, -0.2) is 80.9 Å². The van der Waals surface area contributed by atoms with Gasteiger partial charge in [0.15, 0.2) is 6.23 Å². The van der Waals surface area contributed by atoms with E-state index in [4.69, 9.17) is 0 Å². The molecule has 1 aliphatic heterocycles. The van der Waals surface area contributed by atoms with Crippen LogP contribution in [0.5, 0.6) is 0 Å². The Morgan fingerprint density at radius 3 is 1.90 bits per heavy atom. The first-order valence-electron chi connectivity index (χ1n) is 11.4. The van der Waals surface area contributed by atoms with E-state index in [1.54, 1.807) is 6.20 Å². The van der Waals surface area contributed by atoms with Crippen LogP contribution in [-0.2, 0) is 6.54 Å². The quantitative estimate of drug-likeness (QED) is 0.637. The number of likely N-dealkylation sites (N-methyl/N-ethyl adjacent to an activating group) is 2. The molecular weight excluding hydrogens is 390 g/mol. The first kappa shape index (κ1) is 23.6. The Morgan fingerprint density at radius 2 is 1.35 bits per heavy atom. The molecule has 1 aromatic heterocycles. The van der Waals surface area contributed by atoms with Gasteiger partial charge in [0.1, 0.15) is 24.4 Å². The number of aliphatic hydroxyl groups is 2. The number of piperazine rings is 1. The van der Waals surface area contributed by atoms with Crippen molar-refractivity contribution in [2.45, 2.75) is 59.0 Å². The number of aliphatic hydroxyl groups excluding tert-OH is 2. The second kappa shape index (κ2) is 11.0. The van der Waals surface area contributed by atoms with E-state index in [1.165, 1.54) is 0 Å². The zero-order valence-electron chi connectivity index (χ0n) is 19.2. The zero-order valence-corrected chi connectivity index (χ0v) is 19.2. The Hall–Kier alpha value is -2.03. The molecule has 0 bridgehead atoms. The van der Waals surface area contributed by atoms with Gasteiger partial charge in [0.2, 0.25) is 0 Å². The van der Waals surface area contributed by atoms with Crippen LogP contribution in [0.3, 0.4) is 0 Å². The minimum Gasteiger partial charge on any atom is -0.375 e. The first-order chi connectivity index (χ1) is 15.1. The van der Waals surface area contributed by atoms with Crippen LogP contribution in [0.25, 0.3) is 0 Å². The van der Waals surface area contributed by atoms with E-state index in [0.29, 0.717) is 12.4 Å². The van der Waals surface area contributed by atoms with Gasteiger partial charge in [0, 0.05) is 12.7 Å². The van der Waals surface area contributed by atoms with E-state index in [-0.39, 0.29) is 6.17 Å². The number of anilines is 1. The third kappa shape index (κ3) is 4.91. The second-order valence-corrected chi connectivity index (χ2v) is 7.85. The lowest BCUT2D eigenvalue weighted by molar-refractivity contribution is -0.186. The van der Waals surface area contributed by atoms with Crippen LogP contribution >= 0.6 is 0 Å². The largest absolute Gasteiger partial charge is 0.375 e. The average molecular weight is 428 g/mol. The molecule has 4 atom stereocenters. The molecule has 7 nitrogen and oxygen atoms in total. The minimum atomic E-state index is -0.854. The molecule has 1 aromatic carbocycles. The summed E-state index contributed by atoms with van der Waals surface area (Å²) < 4.78 is 0. The fourth-order valence-corrected chi connectivity index (χ4v) is 4.66. The van der Waals surface area contributed by atoms with Crippen LogP contribution in [0, 0.1) is 0 Å². The van der Waals surface area contributed by atoms with E-state index in [1.807, 2.05) is 46.2 Å².